The molecule has 2 saturated heterocycles. The van der Waals surface area contributed by atoms with E-state index >= 15 is 0 Å². The van der Waals surface area contributed by atoms with Gasteiger partial charge in [-0.1, -0.05) is 25.0 Å². The number of nitrogens with zero attached hydrogens (tertiary/aromatic N) is 4. The molecule has 39 heavy (non-hydrogen) atoms. The second-order valence-electron chi connectivity index (χ2n) is 11.2. The number of hydrogen-bond acceptors (Lipinski definition) is 6. The van der Waals surface area contributed by atoms with Gasteiger partial charge in [0.05, 0.1) is 11.2 Å². The van der Waals surface area contributed by atoms with Crippen LogP contribution in [0.2, 0.25) is 0 Å². The molecule has 0 spiro atoms. The highest BCUT2D eigenvalue weighted by atomic mass is 16.1. The Hall–Kier alpha value is -3.03. The van der Waals surface area contributed by atoms with Crippen molar-refractivity contribution in [2.24, 2.45) is 0 Å². The number of anilines is 1. The molecule has 5 rings (SSSR count). The number of rotatable bonds is 11. The Morgan fingerprint density at radius 2 is 1.49 bits per heavy atom. The fourth-order valence-corrected chi connectivity index (χ4v) is 5.86. The zero-order valence-electron chi connectivity index (χ0n) is 23.6. The Kier molecular flexibility index (Phi) is 9.78. The van der Waals surface area contributed by atoms with Gasteiger partial charge in [0, 0.05) is 47.7 Å². The van der Waals surface area contributed by atoms with Crippen molar-refractivity contribution in [3.8, 4) is 11.3 Å². The second kappa shape index (κ2) is 13.9. The minimum atomic E-state index is -0.00959. The third kappa shape index (κ3) is 7.55. The highest BCUT2D eigenvalue weighted by Gasteiger charge is 2.13. The first-order valence-corrected chi connectivity index (χ1v) is 15.0. The highest BCUT2D eigenvalue weighted by molar-refractivity contribution is 5.96. The van der Waals surface area contributed by atoms with E-state index in [9.17, 15) is 4.79 Å². The van der Waals surface area contributed by atoms with Crippen molar-refractivity contribution in [2.75, 3.05) is 57.7 Å². The van der Waals surface area contributed by atoms with Crippen LogP contribution in [0.3, 0.4) is 0 Å². The molecule has 4 heterocycles. The van der Waals surface area contributed by atoms with Gasteiger partial charge in [-0.25, -0.2) is 4.98 Å². The van der Waals surface area contributed by atoms with Crippen LogP contribution in [-0.2, 0) is 0 Å². The first-order chi connectivity index (χ1) is 19.2. The summed E-state index contributed by atoms with van der Waals surface area (Å²) in [7, 11) is 0. The lowest BCUT2D eigenvalue weighted by atomic mass is 10.0. The summed E-state index contributed by atoms with van der Waals surface area (Å²) in [5, 5.41) is 7.81. The van der Waals surface area contributed by atoms with Gasteiger partial charge in [0.2, 0.25) is 0 Å². The molecule has 0 unspecified atom stereocenters. The molecule has 0 atom stereocenters. The first-order valence-electron chi connectivity index (χ1n) is 15.0. The van der Waals surface area contributed by atoms with Gasteiger partial charge in [-0.2, -0.15) is 0 Å². The first kappa shape index (κ1) is 27.5. The van der Waals surface area contributed by atoms with Gasteiger partial charge >= 0.3 is 0 Å². The van der Waals surface area contributed by atoms with E-state index in [1.807, 2.05) is 36.7 Å². The van der Waals surface area contributed by atoms with E-state index in [1.165, 1.54) is 64.7 Å². The number of likely N-dealkylation sites (tertiary alicyclic amines) is 2. The molecule has 208 valence electrons. The van der Waals surface area contributed by atoms with Crippen molar-refractivity contribution in [1.29, 1.82) is 0 Å². The van der Waals surface area contributed by atoms with Gasteiger partial charge in [0.1, 0.15) is 0 Å². The summed E-state index contributed by atoms with van der Waals surface area (Å²) in [6.45, 7) is 10.8. The maximum Gasteiger partial charge on any atom is 0.251 e. The second-order valence-corrected chi connectivity index (χ2v) is 11.2. The molecule has 2 aliphatic heterocycles. The van der Waals surface area contributed by atoms with E-state index in [0.29, 0.717) is 12.1 Å². The summed E-state index contributed by atoms with van der Waals surface area (Å²) in [5.74, 6) is -0.00959. The summed E-state index contributed by atoms with van der Waals surface area (Å²) < 4.78 is 0. The molecule has 2 aliphatic rings. The van der Waals surface area contributed by atoms with E-state index in [4.69, 9.17) is 4.98 Å². The lowest BCUT2D eigenvalue weighted by Gasteiger charge is -2.26. The third-order valence-corrected chi connectivity index (χ3v) is 8.15. The minimum Gasteiger partial charge on any atom is -0.384 e. The molecule has 2 fully saturated rings. The summed E-state index contributed by atoms with van der Waals surface area (Å²) in [5.41, 5.74) is 5.70. The smallest absolute Gasteiger partial charge is 0.251 e. The quantitative estimate of drug-likeness (QED) is 0.320. The molecule has 0 bridgehead atoms. The van der Waals surface area contributed by atoms with Gasteiger partial charge in [-0.15, -0.1) is 0 Å². The van der Waals surface area contributed by atoms with Crippen LogP contribution in [0, 0.1) is 6.92 Å². The number of pyridine rings is 2. The summed E-state index contributed by atoms with van der Waals surface area (Å²) in [6.07, 6.45) is 13.9. The minimum absolute atomic E-state index is 0.00959. The van der Waals surface area contributed by atoms with Crippen LogP contribution in [0.4, 0.5) is 5.69 Å². The molecule has 0 aliphatic carbocycles. The molecule has 7 heteroatoms. The lowest BCUT2D eigenvalue weighted by Crippen LogP contribution is -2.33. The van der Waals surface area contributed by atoms with E-state index in [2.05, 4.69) is 38.4 Å². The normalized spacial score (nSPS) is 16.8. The Balaban J connectivity index is 1.21. The average molecular weight is 529 g/mol. The number of piperidine rings is 2. The number of fused-ring (bicyclic) bond motifs is 1. The maximum atomic E-state index is 12.7. The van der Waals surface area contributed by atoms with Crippen LogP contribution in [0.25, 0.3) is 22.2 Å². The summed E-state index contributed by atoms with van der Waals surface area (Å²) in [4.78, 5) is 27.2. The van der Waals surface area contributed by atoms with Crippen molar-refractivity contribution in [3.63, 3.8) is 0 Å². The number of amides is 1. The molecular weight excluding hydrogens is 484 g/mol. The molecule has 0 saturated carbocycles. The van der Waals surface area contributed by atoms with Crippen LogP contribution in [0.1, 0.15) is 67.3 Å². The SMILES string of the molecule is Cc1cncc2c(NCCCN3CCCCC3)cc(-c3ccc(C(=O)NCCCN4CCCCC4)cc3)nc12. The van der Waals surface area contributed by atoms with E-state index < -0.39 is 0 Å². The number of benzene rings is 1. The topological polar surface area (TPSA) is 73.4 Å². The number of hydrogen-bond donors (Lipinski definition) is 2. The fourth-order valence-electron chi connectivity index (χ4n) is 5.86. The molecule has 7 nitrogen and oxygen atoms in total. The lowest BCUT2D eigenvalue weighted by molar-refractivity contribution is 0.0951. The van der Waals surface area contributed by atoms with E-state index in [0.717, 1.165) is 65.9 Å². The van der Waals surface area contributed by atoms with E-state index in [-0.39, 0.29) is 5.91 Å². The van der Waals surface area contributed by atoms with Gasteiger partial charge in [-0.3, -0.25) is 9.78 Å². The molecule has 2 N–H and O–H groups in total. The van der Waals surface area contributed by atoms with Crippen LogP contribution in [-0.4, -0.2) is 78.0 Å². The average Bonchev–Trinajstić information content (AvgIpc) is 2.99. The highest BCUT2D eigenvalue weighted by Crippen LogP contribution is 2.29. The standard InChI is InChI=1S/C32H44N6O/c1-25-23-33-24-28-30(34-14-8-20-37-16-4-2-5-17-37)22-29(36-31(25)28)26-10-12-27(13-11-26)32(39)35-15-9-21-38-18-6-3-7-19-38/h10-13,22-24H,2-9,14-21H2,1H3,(H,34,36)(H,35,39). The van der Waals surface area contributed by atoms with Crippen LogP contribution >= 0.6 is 0 Å². The number of carbonyl (C=O) groups is 1. The molecule has 2 aromatic heterocycles. The number of aromatic nitrogens is 2. The Morgan fingerprint density at radius 3 is 2.15 bits per heavy atom. The van der Waals surface area contributed by atoms with Crippen molar-refractivity contribution >= 4 is 22.5 Å². The summed E-state index contributed by atoms with van der Waals surface area (Å²) >= 11 is 0. The molecular formula is C32H44N6O. The largest absolute Gasteiger partial charge is 0.384 e. The van der Waals surface area contributed by atoms with Crippen LogP contribution in [0.15, 0.2) is 42.7 Å². The third-order valence-electron chi connectivity index (χ3n) is 8.15. The van der Waals surface area contributed by atoms with Gasteiger partial charge in [0.15, 0.2) is 0 Å². The van der Waals surface area contributed by atoms with Crippen molar-refractivity contribution in [2.45, 2.75) is 58.3 Å². The van der Waals surface area contributed by atoms with Gasteiger partial charge in [0.25, 0.3) is 5.91 Å². The molecule has 1 amide bonds. The Labute approximate surface area is 233 Å². The monoisotopic (exact) mass is 528 g/mol. The predicted molar refractivity (Wildman–Crippen MR) is 160 cm³/mol. The fraction of sp³-hybridized carbons (Fsp3) is 0.531. The zero-order valence-corrected chi connectivity index (χ0v) is 23.6. The van der Waals surface area contributed by atoms with E-state index in [1.54, 1.807) is 0 Å². The number of nitrogens with one attached hydrogen (secondary N) is 2. The van der Waals surface area contributed by atoms with Crippen LogP contribution in [0.5, 0.6) is 0 Å². The van der Waals surface area contributed by atoms with Gasteiger partial charge in [-0.05, 0) is 108 Å². The summed E-state index contributed by atoms with van der Waals surface area (Å²) in [6, 6.07) is 9.96. The van der Waals surface area contributed by atoms with Crippen molar-refractivity contribution in [3.05, 3.63) is 53.9 Å². The molecule has 1 aromatic carbocycles. The number of carbonyl (C=O) groups excluding carboxylic acids is 1. The van der Waals surface area contributed by atoms with Crippen LogP contribution < -0.4 is 10.6 Å². The van der Waals surface area contributed by atoms with Gasteiger partial charge < -0.3 is 20.4 Å². The molecule has 0 radical (unpaired) electrons. The predicted octanol–water partition coefficient (Wildman–Crippen LogP) is 5.50. The molecule has 3 aromatic rings. The number of aryl methyl sites for hydroxylation is 1. The van der Waals surface area contributed by atoms with Crippen molar-refractivity contribution in [1.82, 2.24) is 25.1 Å². The van der Waals surface area contributed by atoms with Crippen molar-refractivity contribution < 1.29 is 4.79 Å². The zero-order chi connectivity index (χ0) is 26.9. The maximum absolute atomic E-state index is 12.7. The Bertz CT molecular complexity index is 1220. The Morgan fingerprint density at radius 1 is 0.846 bits per heavy atom.